The summed E-state index contributed by atoms with van der Waals surface area (Å²) in [7, 11) is 3.34. The van der Waals surface area contributed by atoms with Crippen molar-refractivity contribution >= 4 is 29.1 Å². The summed E-state index contributed by atoms with van der Waals surface area (Å²) in [5.74, 6) is 0.994. The molecule has 0 spiro atoms. The van der Waals surface area contributed by atoms with E-state index in [1.165, 1.54) is 6.20 Å². The van der Waals surface area contributed by atoms with Gasteiger partial charge in [-0.25, -0.2) is 14.8 Å². The van der Waals surface area contributed by atoms with E-state index in [9.17, 15) is 4.79 Å². The molecule has 4 aromatic rings. The van der Waals surface area contributed by atoms with Crippen LogP contribution in [0, 0.1) is 0 Å². The van der Waals surface area contributed by atoms with Gasteiger partial charge in [0, 0.05) is 25.5 Å². The number of carbonyl (C=O) groups excluding carboxylic acids is 1. The van der Waals surface area contributed by atoms with E-state index < -0.39 is 5.97 Å². The minimum absolute atomic E-state index is 0.179. The highest BCUT2D eigenvalue weighted by atomic mass is 16.5. The molecule has 12 heteroatoms. The highest BCUT2D eigenvalue weighted by Gasteiger charge is 2.20. The first kappa shape index (κ1) is 23.7. The van der Waals surface area contributed by atoms with E-state index in [2.05, 4.69) is 35.8 Å². The molecule has 0 aliphatic carbocycles. The molecule has 0 fully saturated rings. The number of nitrogens with zero attached hydrogens (tertiary/aromatic N) is 7. The first-order chi connectivity index (χ1) is 16.9. The maximum atomic E-state index is 12.6. The molecule has 0 radical (unpaired) electrons. The number of esters is 1. The molecule has 4 rings (SSSR count). The highest BCUT2D eigenvalue weighted by Crippen LogP contribution is 2.36. The zero-order chi connectivity index (χ0) is 24.9. The van der Waals surface area contributed by atoms with Crippen LogP contribution in [0.3, 0.4) is 0 Å². The van der Waals surface area contributed by atoms with Crippen molar-refractivity contribution in [1.82, 2.24) is 34.5 Å². The molecule has 0 aliphatic heterocycles. The van der Waals surface area contributed by atoms with Crippen molar-refractivity contribution < 1.29 is 14.3 Å². The van der Waals surface area contributed by atoms with Gasteiger partial charge in [-0.1, -0.05) is 6.07 Å². The monoisotopic (exact) mass is 477 g/mol. The van der Waals surface area contributed by atoms with Gasteiger partial charge in [0.1, 0.15) is 11.9 Å². The first-order valence-electron chi connectivity index (χ1n) is 11.0. The third-order valence-corrected chi connectivity index (χ3v) is 4.98. The Hall–Kier alpha value is -4.48. The summed E-state index contributed by atoms with van der Waals surface area (Å²) in [4.78, 5) is 25.8. The van der Waals surface area contributed by atoms with Gasteiger partial charge in [-0.3, -0.25) is 9.36 Å². The lowest BCUT2D eigenvalue weighted by atomic mass is 10.1. The van der Waals surface area contributed by atoms with Gasteiger partial charge in [-0.05, 0) is 32.9 Å². The molecule has 12 nitrogen and oxygen atoms in total. The number of rotatable bonds is 9. The summed E-state index contributed by atoms with van der Waals surface area (Å²) in [6.07, 6.45) is 6.56. The van der Waals surface area contributed by atoms with Crippen LogP contribution in [-0.2, 0) is 11.8 Å². The third-order valence-electron chi connectivity index (χ3n) is 4.98. The lowest BCUT2D eigenvalue weighted by Crippen LogP contribution is -2.12. The average Bonchev–Trinajstić information content (AvgIpc) is 3.48. The number of methoxy groups -OCH3 is 1. The summed E-state index contributed by atoms with van der Waals surface area (Å²) >= 11 is 0. The van der Waals surface area contributed by atoms with Crippen LogP contribution in [0.4, 0.5) is 23.1 Å². The molecule has 3 aromatic heterocycles. The normalized spacial score (nSPS) is 10.9. The fourth-order valence-electron chi connectivity index (χ4n) is 3.33. The summed E-state index contributed by atoms with van der Waals surface area (Å²) < 4.78 is 14.3. The van der Waals surface area contributed by atoms with E-state index in [-0.39, 0.29) is 30.0 Å². The number of aromatic nitrogens is 7. The zero-order valence-electron chi connectivity index (χ0n) is 20.2. The molecule has 0 atom stereocenters. The molecule has 2 N–H and O–H groups in total. The Labute approximate surface area is 202 Å². The lowest BCUT2D eigenvalue weighted by Gasteiger charge is -2.16. The van der Waals surface area contributed by atoms with Crippen molar-refractivity contribution in [3.05, 3.63) is 48.7 Å². The Morgan fingerprint density at radius 1 is 1.17 bits per heavy atom. The van der Waals surface area contributed by atoms with E-state index in [0.29, 0.717) is 28.5 Å². The molecular weight excluding hydrogens is 450 g/mol. The molecule has 35 heavy (non-hydrogen) atoms. The van der Waals surface area contributed by atoms with Crippen LogP contribution in [0.2, 0.25) is 0 Å². The Morgan fingerprint density at radius 3 is 2.66 bits per heavy atom. The Bertz CT molecular complexity index is 1330. The van der Waals surface area contributed by atoms with E-state index in [1.54, 1.807) is 38.3 Å². The standard InChI is InChI=1S/C23H27N9O3/c1-6-35-22(33)17-11-24-23(27-15-10-26-32(12-15)14(2)3)29-21(17)28-18-9-7-8-16(19(18)34-5)20-25-13-31(4)30-20/h7-14H,6H2,1-5H3,(H2,24,27,28,29). The summed E-state index contributed by atoms with van der Waals surface area (Å²) in [6, 6.07) is 5.71. The molecule has 3 heterocycles. The number of nitrogens with one attached hydrogen (secondary N) is 2. The van der Waals surface area contributed by atoms with E-state index >= 15 is 0 Å². The second-order valence-electron chi connectivity index (χ2n) is 7.86. The molecule has 0 saturated heterocycles. The molecular formula is C23H27N9O3. The van der Waals surface area contributed by atoms with Gasteiger partial charge < -0.3 is 20.1 Å². The fourth-order valence-corrected chi connectivity index (χ4v) is 3.33. The average molecular weight is 478 g/mol. The Balaban J connectivity index is 1.71. The molecule has 0 amide bonds. The number of aryl methyl sites for hydroxylation is 1. The summed E-state index contributed by atoms with van der Waals surface area (Å²) in [6.45, 7) is 6.02. The number of benzene rings is 1. The summed E-state index contributed by atoms with van der Waals surface area (Å²) in [5, 5.41) is 15.0. The molecule has 1 aromatic carbocycles. The second-order valence-corrected chi connectivity index (χ2v) is 7.86. The van der Waals surface area contributed by atoms with Crippen molar-refractivity contribution in [3.8, 4) is 17.1 Å². The van der Waals surface area contributed by atoms with Crippen LogP contribution >= 0.6 is 0 Å². The van der Waals surface area contributed by atoms with Gasteiger partial charge in [0.15, 0.2) is 17.4 Å². The topological polar surface area (TPSA) is 134 Å². The molecule has 0 saturated carbocycles. The number of carbonyl (C=O) groups is 1. The SMILES string of the molecule is CCOC(=O)c1cnc(Nc2cnn(C(C)C)c2)nc1Nc1cccc(-c2ncn(C)n2)c1OC. The van der Waals surface area contributed by atoms with Crippen LogP contribution < -0.4 is 15.4 Å². The zero-order valence-corrected chi connectivity index (χ0v) is 20.2. The number of anilines is 4. The molecule has 182 valence electrons. The van der Waals surface area contributed by atoms with Crippen molar-refractivity contribution in [2.75, 3.05) is 24.4 Å². The number of hydrogen-bond acceptors (Lipinski definition) is 10. The van der Waals surface area contributed by atoms with Gasteiger partial charge in [0.25, 0.3) is 0 Å². The van der Waals surface area contributed by atoms with Crippen molar-refractivity contribution in [3.63, 3.8) is 0 Å². The van der Waals surface area contributed by atoms with Crippen molar-refractivity contribution in [2.24, 2.45) is 7.05 Å². The fraction of sp³-hybridized carbons (Fsp3) is 0.304. The van der Waals surface area contributed by atoms with Gasteiger partial charge in [0.2, 0.25) is 5.95 Å². The number of hydrogen-bond donors (Lipinski definition) is 2. The Morgan fingerprint density at radius 2 is 2.00 bits per heavy atom. The van der Waals surface area contributed by atoms with Crippen molar-refractivity contribution in [1.29, 1.82) is 0 Å². The smallest absolute Gasteiger partial charge is 0.343 e. The Kier molecular flexibility index (Phi) is 6.90. The molecule has 0 bridgehead atoms. The maximum absolute atomic E-state index is 12.6. The van der Waals surface area contributed by atoms with E-state index in [0.717, 1.165) is 0 Å². The largest absolute Gasteiger partial charge is 0.494 e. The minimum atomic E-state index is -0.546. The van der Waals surface area contributed by atoms with Crippen LogP contribution in [0.1, 0.15) is 37.2 Å². The molecule has 0 aliphatic rings. The lowest BCUT2D eigenvalue weighted by molar-refractivity contribution is 0.0526. The van der Waals surface area contributed by atoms with E-state index in [4.69, 9.17) is 9.47 Å². The minimum Gasteiger partial charge on any atom is -0.494 e. The third kappa shape index (κ3) is 5.21. The number of para-hydroxylation sites is 1. The predicted octanol–water partition coefficient (Wildman–Crippen LogP) is 3.72. The van der Waals surface area contributed by atoms with Crippen LogP contribution in [0.15, 0.2) is 43.1 Å². The van der Waals surface area contributed by atoms with Gasteiger partial charge in [-0.15, -0.1) is 0 Å². The first-order valence-corrected chi connectivity index (χ1v) is 11.0. The summed E-state index contributed by atoms with van der Waals surface area (Å²) in [5.41, 5.74) is 2.15. The van der Waals surface area contributed by atoms with Crippen LogP contribution in [0.5, 0.6) is 5.75 Å². The quantitative estimate of drug-likeness (QED) is 0.343. The second kappa shape index (κ2) is 10.2. The predicted molar refractivity (Wildman–Crippen MR) is 130 cm³/mol. The maximum Gasteiger partial charge on any atom is 0.343 e. The van der Waals surface area contributed by atoms with Crippen molar-refractivity contribution in [2.45, 2.75) is 26.8 Å². The number of ether oxygens (including phenoxy) is 2. The van der Waals surface area contributed by atoms with E-state index in [1.807, 2.05) is 42.9 Å². The van der Waals surface area contributed by atoms with Gasteiger partial charge >= 0.3 is 5.97 Å². The van der Waals surface area contributed by atoms with Crippen LogP contribution in [-0.4, -0.2) is 54.2 Å². The van der Waals surface area contributed by atoms with Gasteiger partial charge in [-0.2, -0.15) is 15.2 Å². The van der Waals surface area contributed by atoms with Crippen LogP contribution in [0.25, 0.3) is 11.4 Å². The van der Waals surface area contributed by atoms with Gasteiger partial charge in [0.05, 0.1) is 36.9 Å². The highest BCUT2D eigenvalue weighted by molar-refractivity contribution is 5.96. The molecule has 0 unspecified atom stereocenters.